The fourth-order valence-corrected chi connectivity index (χ4v) is 2.21. The van der Waals surface area contributed by atoms with Crippen LogP contribution < -0.4 is 4.90 Å². The number of nitrogens with zero attached hydrogens (tertiary/aromatic N) is 3. The van der Waals surface area contributed by atoms with Gasteiger partial charge < -0.3 is 9.80 Å². The van der Waals surface area contributed by atoms with Crippen molar-refractivity contribution in [1.82, 2.24) is 15.1 Å². The quantitative estimate of drug-likeness (QED) is 0.789. The number of nitrogens with one attached hydrogen (secondary N) is 1. The summed E-state index contributed by atoms with van der Waals surface area (Å²) in [4.78, 5) is 4.71. The monoisotopic (exact) mass is 218 g/mol. The fraction of sp³-hybridized carbons (Fsp3) is 0.417. The zero-order valence-electron chi connectivity index (χ0n) is 9.48. The molecule has 4 heteroatoms. The summed E-state index contributed by atoms with van der Waals surface area (Å²) >= 11 is 0. The highest BCUT2D eigenvalue weighted by Crippen LogP contribution is 2.24. The molecule has 1 aliphatic heterocycles. The van der Waals surface area contributed by atoms with Gasteiger partial charge in [0.1, 0.15) is 0 Å². The van der Waals surface area contributed by atoms with Gasteiger partial charge in [0.25, 0.3) is 0 Å². The van der Waals surface area contributed by atoms with Gasteiger partial charge in [-0.2, -0.15) is 5.10 Å². The molecule has 4 nitrogen and oxygen atoms in total. The Balaban J connectivity index is 0.00000108. The zero-order valence-corrected chi connectivity index (χ0v) is 9.48. The number of piperazine rings is 1. The maximum Gasteiger partial charge on any atom is 0.158 e. The molecule has 1 aliphatic rings. The first-order valence-electron chi connectivity index (χ1n) is 5.71. The molecule has 0 radical (unpaired) electrons. The Hall–Kier alpha value is -1.55. The minimum absolute atomic E-state index is 0. The molecule has 2 aromatic rings. The third kappa shape index (κ3) is 1.55. The van der Waals surface area contributed by atoms with Gasteiger partial charge in [0.15, 0.2) is 5.82 Å². The van der Waals surface area contributed by atoms with Gasteiger partial charge in [-0.15, -0.1) is 0 Å². The van der Waals surface area contributed by atoms with Crippen molar-refractivity contribution in [2.75, 3.05) is 38.1 Å². The summed E-state index contributed by atoms with van der Waals surface area (Å²) in [5.41, 5.74) is 1.12. The SMILES string of the molecule is CN1CCN(c2n[nH]c3ccccc23)CC1.[HH]. The molecule has 16 heavy (non-hydrogen) atoms. The minimum Gasteiger partial charge on any atom is -0.352 e. The van der Waals surface area contributed by atoms with Crippen molar-refractivity contribution in [3.63, 3.8) is 0 Å². The second-order valence-electron chi connectivity index (χ2n) is 4.38. The van der Waals surface area contributed by atoms with Gasteiger partial charge in [-0.1, -0.05) is 12.1 Å². The molecule has 0 atom stereocenters. The highest BCUT2D eigenvalue weighted by Gasteiger charge is 2.18. The third-order valence-corrected chi connectivity index (χ3v) is 3.25. The Morgan fingerprint density at radius 1 is 1.19 bits per heavy atom. The Kier molecular flexibility index (Phi) is 2.29. The van der Waals surface area contributed by atoms with E-state index in [1.807, 2.05) is 6.07 Å². The molecular formula is C12H18N4. The molecule has 1 saturated heterocycles. The number of fused-ring (bicyclic) bond motifs is 1. The van der Waals surface area contributed by atoms with E-state index in [-0.39, 0.29) is 1.43 Å². The lowest BCUT2D eigenvalue weighted by molar-refractivity contribution is 0.312. The number of anilines is 1. The minimum atomic E-state index is 0. The number of likely N-dealkylation sites (N-methyl/N-ethyl adjacent to an activating group) is 1. The number of para-hydroxylation sites is 1. The van der Waals surface area contributed by atoms with E-state index in [0.717, 1.165) is 37.5 Å². The van der Waals surface area contributed by atoms with Crippen LogP contribution in [0.3, 0.4) is 0 Å². The van der Waals surface area contributed by atoms with E-state index in [2.05, 4.69) is 45.2 Å². The summed E-state index contributed by atoms with van der Waals surface area (Å²) in [5, 5.41) is 8.75. The average Bonchev–Trinajstić information content (AvgIpc) is 2.74. The Morgan fingerprint density at radius 2 is 1.94 bits per heavy atom. The van der Waals surface area contributed by atoms with Crippen LogP contribution in [0.4, 0.5) is 5.82 Å². The van der Waals surface area contributed by atoms with Crippen LogP contribution in [0.25, 0.3) is 10.9 Å². The lowest BCUT2D eigenvalue weighted by atomic mass is 10.2. The smallest absolute Gasteiger partial charge is 0.158 e. The topological polar surface area (TPSA) is 35.2 Å². The number of hydrogen-bond acceptors (Lipinski definition) is 3. The van der Waals surface area contributed by atoms with Crippen molar-refractivity contribution in [2.45, 2.75) is 0 Å². The van der Waals surface area contributed by atoms with E-state index in [1.54, 1.807) is 0 Å². The van der Waals surface area contributed by atoms with Crippen molar-refractivity contribution < 1.29 is 1.43 Å². The summed E-state index contributed by atoms with van der Waals surface area (Å²) in [5.74, 6) is 1.10. The van der Waals surface area contributed by atoms with Gasteiger partial charge in [0, 0.05) is 33.0 Å². The Bertz CT molecular complexity index is 488. The second kappa shape index (κ2) is 3.79. The van der Waals surface area contributed by atoms with Crippen LogP contribution in [-0.4, -0.2) is 48.3 Å². The van der Waals surface area contributed by atoms with E-state index >= 15 is 0 Å². The Morgan fingerprint density at radius 3 is 2.75 bits per heavy atom. The summed E-state index contributed by atoms with van der Waals surface area (Å²) in [6.07, 6.45) is 0. The van der Waals surface area contributed by atoms with Crippen molar-refractivity contribution >= 4 is 16.7 Å². The molecule has 0 unspecified atom stereocenters. The van der Waals surface area contributed by atoms with Gasteiger partial charge in [-0.25, -0.2) is 0 Å². The molecule has 0 spiro atoms. The van der Waals surface area contributed by atoms with Gasteiger partial charge in [0.05, 0.1) is 5.52 Å². The average molecular weight is 218 g/mol. The number of rotatable bonds is 1. The molecule has 1 aromatic heterocycles. The summed E-state index contributed by atoms with van der Waals surface area (Å²) < 4.78 is 0. The first kappa shape index (κ1) is 9.66. The van der Waals surface area contributed by atoms with Crippen molar-refractivity contribution in [1.29, 1.82) is 0 Å². The standard InChI is InChI=1S/C12H16N4.H2/c1-15-6-8-16(9-7-15)12-10-4-2-3-5-11(10)13-14-12;/h2-5H,6-9H2,1H3,(H,13,14);1H. The van der Waals surface area contributed by atoms with Crippen LogP contribution in [-0.2, 0) is 0 Å². The van der Waals surface area contributed by atoms with Crippen LogP contribution >= 0.6 is 0 Å². The predicted octanol–water partition coefficient (Wildman–Crippen LogP) is 1.56. The van der Waals surface area contributed by atoms with Crippen LogP contribution in [0, 0.1) is 0 Å². The van der Waals surface area contributed by atoms with Crippen molar-refractivity contribution in [3.05, 3.63) is 24.3 Å². The maximum atomic E-state index is 4.43. The van der Waals surface area contributed by atoms with Crippen molar-refractivity contribution in [3.8, 4) is 0 Å². The lowest BCUT2D eigenvalue weighted by Crippen LogP contribution is -2.44. The number of benzene rings is 1. The molecule has 0 saturated carbocycles. The molecule has 86 valence electrons. The van der Waals surface area contributed by atoms with E-state index in [1.165, 1.54) is 5.39 Å². The van der Waals surface area contributed by atoms with Crippen LogP contribution in [0.15, 0.2) is 24.3 Å². The van der Waals surface area contributed by atoms with Crippen molar-refractivity contribution in [2.24, 2.45) is 0 Å². The van der Waals surface area contributed by atoms with E-state index in [4.69, 9.17) is 0 Å². The largest absolute Gasteiger partial charge is 0.352 e. The van der Waals surface area contributed by atoms with Gasteiger partial charge in [0.2, 0.25) is 0 Å². The number of H-pyrrole nitrogens is 1. The molecule has 0 aliphatic carbocycles. The number of hydrogen-bond donors (Lipinski definition) is 1. The molecular weight excluding hydrogens is 200 g/mol. The molecule has 1 N–H and O–H groups in total. The molecule has 3 rings (SSSR count). The van der Waals surface area contributed by atoms with E-state index in [0.29, 0.717) is 0 Å². The predicted molar refractivity (Wildman–Crippen MR) is 67.9 cm³/mol. The summed E-state index contributed by atoms with van der Waals surface area (Å²) in [6.45, 7) is 4.35. The number of aromatic nitrogens is 2. The van der Waals surface area contributed by atoms with Crippen LogP contribution in [0.5, 0.6) is 0 Å². The molecule has 1 fully saturated rings. The molecule has 0 bridgehead atoms. The Labute approximate surface area is 96.3 Å². The van der Waals surface area contributed by atoms with Gasteiger partial charge in [-0.05, 0) is 19.2 Å². The molecule has 0 amide bonds. The molecule has 2 heterocycles. The third-order valence-electron chi connectivity index (χ3n) is 3.25. The second-order valence-corrected chi connectivity index (χ2v) is 4.38. The lowest BCUT2D eigenvalue weighted by Gasteiger charge is -2.32. The fourth-order valence-electron chi connectivity index (χ4n) is 2.21. The highest BCUT2D eigenvalue weighted by atomic mass is 15.3. The maximum absolute atomic E-state index is 4.43. The first-order chi connectivity index (χ1) is 7.84. The van der Waals surface area contributed by atoms with Crippen LogP contribution in [0.1, 0.15) is 1.43 Å². The van der Waals surface area contributed by atoms with Crippen LogP contribution in [0.2, 0.25) is 0 Å². The van der Waals surface area contributed by atoms with E-state index in [9.17, 15) is 0 Å². The molecule has 1 aromatic carbocycles. The normalized spacial score (nSPS) is 18.2. The highest BCUT2D eigenvalue weighted by molar-refractivity contribution is 5.90. The summed E-state index contributed by atoms with van der Waals surface area (Å²) in [6, 6.07) is 8.31. The number of aromatic amines is 1. The summed E-state index contributed by atoms with van der Waals surface area (Å²) in [7, 11) is 2.17. The van der Waals surface area contributed by atoms with E-state index < -0.39 is 0 Å². The van der Waals surface area contributed by atoms with Gasteiger partial charge in [-0.3, -0.25) is 5.10 Å². The van der Waals surface area contributed by atoms with Gasteiger partial charge >= 0.3 is 0 Å². The first-order valence-corrected chi connectivity index (χ1v) is 5.71. The zero-order chi connectivity index (χ0) is 11.0.